The Hall–Kier alpha value is -0.360. The first-order valence-electron chi connectivity index (χ1n) is 5.72. The third kappa shape index (κ3) is 5.52. The van der Waals surface area contributed by atoms with Gasteiger partial charge in [-0.05, 0) is 19.4 Å². The van der Waals surface area contributed by atoms with E-state index in [1.807, 2.05) is 10.9 Å². The molecule has 1 atom stereocenters. The first-order chi connectivity index (χ1) is 7.86. The Labute approximate surface area is 124 Å². The molecule has 2 N–H and O–H groups in total. The molecule has 0 aliphatic carbocycles. The van der Waals surface area contributed by atoms with E-state index in [9.17, 15) is 4.79 Å². The van der Waals surface area contributed by atoms with Gasteiger partial charge in [-0.15, -0.1) is 36.2 Å². The van der Waals surface area contributed by atoms with Crippen molar-refractivity contribution in [2.45, 2.75) is 19.3 Å². The van der Waals surface area contributed by atoms with Crippen LogP contribution in [0.2, 0.25) is 0 Å². The highest BCUT2D eigenvalue weighted by molar-refractivity contribution is 7.07. The van der Waals surface area contributed by atoms with Gasteiger partial charge in [-0.1, -0.05) is 0 Å². The Morgan fingerprint density at radius 1 is 1.56 bits per heavy atom. The summed E-state index contributed by atoms with van der Waals surface area (Å²) in [6.45, 7) is 2.56. The topological polar surface area (TPSA) is 54.0 Å². The minimum Gasteiger partial charge on any atom is -0.355 e. The average Bonchev–Trinajstić information content (AvgIpc) is 2.83. The van der Waals surface area contributed by atoms with Gasteiger partial charge < -0.3 is 10.6 Å². The molecule has 1 amide bonds. The molecule has 0 bridgehead atoms. The van der Waals surface area contributed by atoms with Gasteiger partial charge in [0.15, 0.2) is 0 Å². The molecule has 1 unspecified atom stereocenters. The number of halogens is 2. The monoisotopic (exact) mass is 311 g/mol. The van der Waals surface area contributed by atoms with Crippen molar-refractivity contribution in [3.8, 4) is 0 Å². The van der Waals surface area contributed by atoms with E-state index in [-0.39, 0.29) is 36.6 Å². The summed E-state index contributed by atoms with van der Waals surface area (Å²) in [5, 5.41) is 8.25. The summed E-state index contributed by atoms with van der Waals surface area (Å²) >= 11 is 1.59. The van der Waals surface area contributed by atoms with E-state index in [1.165, 1.54) is 0 Å². The molecular weight excluding hydrogens is 293 g/mol. The van der Waals surface area contributed by atoms with Crippen molar-refractivity contribution < 1.29 is 4.79 Å². The van der Waals surface area contributed by atoms with Gasteiger partial charge >= 0.3 is 0 Å². The molecule has 0 spiro atoms. The summed E-state index contributed by atoms with van der Waals surface area (Å²) in [4.78, 5) is 15.9. The molecule has 0 saturated carbocycles. The van der Waals surface area contributed by atoms with E-state index in [2.05, 4.69) is 15.6 Å². The van der Waals surface area contributed by atoms with Crippen molar-refractivity contribution >= 4 is 42.1 Å². The van der Waals surface area contributed by atoms with Crippen LogP contribution >= 0.6 is 36.2 Å². The molecule has 18 heavy (non-hydrogen) atoms. The van der Waals surface area contributed by atoms with Crippen molar-refractivity contribution in [3.63, 3.8) is 0 Å². The van der Waals surface area contributed by atoms with Gasteiger partial charge in [-0.2, -0.15) is 0 Å². The summed E-state index contributed by atoms with van der Waals surface area (Å²) in [7, 11) is 0. The summed E-state index contributed by atoms with van der Waals surface area (Å²) < 4.78 is 0. The number of piperidine rings is 1. The van der Waals surface area contributed by atoms with Crippen molar-refractivity contribution in [1.82, 2.24) is 15.6 Å². The fourth-order valence-electron chi connectivity index (χ4n) is 1.89. The van der Waals surface area contributed by atoms with Gasteiger partial charge in [0, 0.05) is 24.9 Å². The SMILES string of the molecule is Cl.Cl.O=C(NCCc1cscn1)C1CCCNC1. The predicted octanol–water partition coefficient (Wildman–Crippen LogP) is 1.64. The zero-order valence-corrected chi connectivity index (χ0v) is 12.5. The molecule has 0 aromatic carbocycles. The highest BCUT2D eigenvalue weighted by atomic mass is 35.5. The maximum absolute atomic E-state index is 11.8. The second kappa shape index (κ2) is 9.55. The minimum absolute atomic E-state index is 0. The fourth-order valence-corrected chi connectivity index (χ4v) is 2.49. The van der Waals surface area contributed by atoms with Gasteiger partial charge in [0.25, 0.3) is 0 Å². The number of hydrogen-bond acceptors (Lipinski definition) is 4. The Kier molecular flexibility index (Phi) is 9.36. The van der Waals surface area contributed by atoms with Crippen LogP contribution in [0.15, 0.2) is 10.9 Å². The maximum Gasteiger partial charge on any atom is 0.224 e. The van der Waals surface area contributed by atoms with Crippen LogP contribution in [0.1, 0.15) is 18.5 Å². The van der Waals surface area contributed by atoms with E-state index < -0.39 is 0 Å². The van der Waals surface area contributed by atoms with E-state index in [4.69, 9.17) is 0 Å². The van der Waals surface area contributed by atoms with Gasteiger partial charge in [-0.3, -0.25) is 4.79 Å². The Balaban J connectivity index is 0.00000144. The number of rotatable bonds is 4. The normalized spacial score (nSPS) is 18.3. The number of aromatic nitrogens is 1. The van der Waals surface area contributed by atoms with E-state index in [0.29, 0.717) is 6.54 Å². The van der Waals surface area contributed by atoms with Gasteiger partial charge in [0.05, 0.1) is 17.1 Å². The quantitative estimate of drug-likeness (QED) is 0.889. The molecule has 2 rings (SSSR count). The largest absolute Gasteiger partial charge is 0.355 e. The first kappa shape index (κ1) is 17.6. The van der Waals surface area contributed by atoms with E-state index in [1.54, 1.807) is 11.3 Å². The molecular formula is C11H19Cl2N3OS. The number of carbonyl (C=O) groups is 1. The molecule has 1 aliphatic heterocycles. The Bertz CT molecular complexity index is 329. The number of thiazole rings is 1. The van der Waals surface area contributed by atoms with Gasteiger partial charge in [0.1, 0.15) is 0 Å². The van der Waals surface area contributed by atoms with Crippen LogP contribution in [0.4, 0.5) is 0 Å². The summed E-state index contributed by atoms with van der Waals surface area (Å²) in [5.41, 5.74) is 2.88. The molecule has 0 radical (unpaired) electrons. The number of nitrogens with one attached hydrogen (secondary N) is 2. The number of nitrogens with zero attached hydrogens (tertiary/aromatic N) is 1. The molecule has 1 aromatic rings. The van der Waals surface area contributed by atoms with Crippen LogP contribution in [0.5, 0.6) is 0 Å². The third-order valence-corrected chi connectivity index (χ3v) is 3.47. The lowest BCUT2D eigenvalue weighted by Crippen LogP contribution is -2.41. The molecule has 1 saturated heterocycles. The van der Waals surface area contributed by atoms with Crippen LogP contribution in [0, 0.1) is 5.92 Å². The molecule has 1 fully saturated rings. The fraction of sp³-hybridized carbons (Fsp3) is 0.636. The lowest BCUT2D eigenvalue weighted by atomic mass is 9.99. The zero-order valence-electron chi connectivity index (χ0n) is 10.1. The summed E-state index contributed by atoms with van der Waals surface area (Å²) in [6, 6.07) is 0. The lowest BCUT2D eigenvalue weighted by Gasteiger charge is -2.21. The van der Waals surface area contributed by atoms with Crippen molar-refractivity contribution in [2.75, 3.05) is 19.6 Å². The van der Waals surface area contributed by atoms with Crippen LogP contribution in [0.25, 0.3) is 0 Å². The summed E-state index contributed by atoms with van der Waals surface area (Å²) in [6.07, 6.45) is 2.94. The first-order valence-corrected chi connectivity index (χ1v) is 6.66. The second-order valence-corrected chi connectivity index (χ2v) is 4.78. The third-order valence-electron chi connectivity index (χ3n) is 2.83. The van der Waals surface area contributed by atoms with E-state index in [0.717, 1.165) is 38.0 Å². The molecule has 2 heterocycles. The molecule has 104 valence electrons. The molecule has 7 heteroatoms. The van der Waals surface area contributed by atoms with Gasteiger partial charge in [0.2, 0.25) is 5.91 Å². The standard InChI is InChI=1S/C11H17N3OS.2ClH/c15-11(9-2-1-4-12-6-9)13-5-3-10-7-16-8-14-10;;/h7-9,12H,1-6H2,(H,13,15);2*1H. The predicted molar refractivity (Wildman–Crippen MR) is 78.9 cm³/mol. The van der Waals surface area contributed by atoms with Crippen LogP contribution in [-0.2, 0) is 11.2 Å². The van der Waals surface area contributed by atoms with E-state index >= 15 is 0 Å². The Morgan fingerprint density at radius 3 is 3.00 bits per heavy atom. The number of amides is 1. The van der Waals surface area contributed by atoms with Crippen molar-refractivity contribution in [1.29, 1.82) is 0 Å². The highest BCUT2D eigenvalue weighted by Gasteiger charge is 2.20. The minimum atomic E-state index is 0. The van der Waals surface area contributed by atoms with Crippen LogP contribution in [0.3, 0.4) is 0 Å². The maximum atomic E-state index is 11.8. The van der Waals surface area contributed by atoms with Crippen molar-refractivity contribution in [2.24, 2.45) is 5.92 Å². The van der Waals surface area contributed by atoms with Gasteiger partial charge in [-0.25, -0.2) is 4.98 Å². The number of hydrogen-bond donors (Lipinski definition) is 2. The molecule has 1 aliphatic rings. The smallest absolute Gasteiger partial charge is 0.224 e. The second-order valence-electron chi connectivity index (χ2n) is 4.06. The Morgan fingerprint density at radius 2 is 2.39 bits per heavy atom. The lowest BCUT2D eigenvalue weighted by molar-refractivity contribution is -0.125. The van der Waals surface area contributed by atoms with Crippen LogP contribution in [-0.4, -0.2) is 30.5 Å². The number of carbonyl (C=O) groups excluding carboxylic acids is 1. The zero-order chi connectivity index (χ0) is 11.2. The average molecular weight is 312 g/mol. The van der Waals surface area contributed by atoms with Crippen molar-refractivity contribution in [3.05, 3.63) is 16.6 Å². The highest BCUT2D eigenvalue weighted by Crippen LogP contribution is 2.09. The molecule has 4 nitrogen and oxygen atoms in total. The summed E-state index contributed by atoms with van der Waals surface area (Å²) in [5.74, 6) is 0.339. The van der Waals surface area contributed by atoms with Crippen LogP contribution < -0.4 is 10.6 Å². The molecule has 1 aromatic heterocycles.